The molecule has 288 valence electrons. The Morgan fingerprint density at radius 1 is 1.08 bits per heavy atom. The summed E-state index contributed by atoms with van der Waals surface area (Å²) in [5.74, 6) is -2.72. The number of hydrogen-bond donors (Lipinski definition) is 4. The number of carbonyl (C=O) groups excluding carboxylic acids is 5. The fourth-order valence-electron chi connectivity index (χ4n) is 7.75. The molecule has 4 N–H and O–H groups in total. The average molecular weight is 744 g/mol. The summed E-state index contributed by atoms with van der Waals surface area (Å²) in [4.78, 5) is 73.3. The van der Waals surface area contributed by atoms with Crippen molar-refractivity contribution in [1.29, 1.82) is 0 Å². The summed E-state index contributed by atoms with van der Waals surface area (Å²) >= 11 is 0. The number of ketones is 1. The standard InChI is InChI=1S/C37H57N7O7S/c1-9-19-39-33(47)31(45)25(10-2)40-32(46)30-28-24(37(28,6)7)21-44(30)34(48)29(23-16-12-11-13-17-23)42-35(49)41-26(36(3,4)5)22-43(8)52(50,51)27-18-14-15-20-38-27/h9,14-15,18,20,23-26,28-30H,1,10-13,16-17,19,21-22H2,2-8H3,(H,39,47)(H,40,46)(H2,41,42,49)/t24-,25?,26+,28-,29-,30-/m0/s1. The van der Waals surface area contributed by atoms with Crippen LogP contribution in [-0.4, -0.2) is 103 Å². The van der Waals surface area contributed by atoms with Crippen LogP contribution in [0.15, 0.2) is 42.1 Å². The lowest BCUT2D eigenvalue weighted by Crippen LogP contribution is -2.61. The largest absolute Gasteiger partial charge is 0.346 e. The van der Waals surface area contributed by atoms with Crippen molar-refractivity contribution in [3.8, 4) is 0 Å². The molecule has 4 rings (SSSR count). The number of carbonyl (C=O) groups is 5. The summed E-state index contributed by atoms with van der Waals surface area (Å²) in [6.45, 7) is 15.4. The van der Waals surface area contributed by atoms with Crippen molar-refractivity contribution >= 4 is 39.6 Å². The number of fused-ring (bicyclic) bond motifs is 1. The molecule has 3 fully saturated rings. The van der Waals surface area contributed by atoms with Crippen LogP contribution in [0.4, 0.5) is 4.79 Å². The zero-order valence-corrected chi connectivity index (χ0v) is 32.4. The molecule has 1 unspecified atom stereocenters. The number of Topliss-reactive ketones (excluding diaryl/α,β-unsaturated/α-hetero) is 1. The highest BCUT2D eigenvalue weighted by Gasteiger charge is 2.69. The molecule has 3 aliphatic rings. The van der Waals surface area contributed by atoms with Crippen molar-refractivity contribution in [2.24, 2.45) is 28.6 Å². The van der Waals surface area contributed by atoms with E-state index in [0.29, 0.717) is 6.54 Å². The average Bonchev–Trinajstić information content (AvgIpc) is 3.41. The molecule has 15 heteroatoms. The van der Waals surface area contributed by atoms with Crippen LogP contribution in [0.25, 0.3) is 0 Å². The third-order valence-electron chi connectivity index (χ3n) is 11.2. The summed E-state index contributed by atoms with van der Waals surface area (Å²) in [5.41, 5.74) is -0.783. The molecule has 1 aromatic rings. The number of aromatic nitrogens is 1. The first kappa shape index (κ1) is 40.9. The second-order valence-electron chi connectivity index (χ2n) is 16.1. The Balaban J connectivity index is 1.54. The van der Waals surface area contributed by atoms with Crippen LogP contribution in [-0.2, 0) is 29.2 Å². The van der Waals surface area contributed by atoms with Crippen molar-refractivity contribution in [2.75, 3.05) is 26.7 Å². The minimum atomic E-state index is -3.94. The van der Waals surface area contributed by atoms with E-state index in [-0.39, 0.29) is 53.6 Å². The van der Waals surface area contributed by atoms with E-state index in [9.17, 15) is 32.4 Å². The molecule has 1 saturated heterocycles. The minimum absolute atomic E-state index is 0.0480. The molecular formula is C37H57N7O7S. The summed E-state index contributed by atoms with van der Waals surface area (Å²) in [6.07, 6.45) is 7.30. The van der Waals surface area contributed by atoms with Gasteiger partial charge in [0.2, 0.25) is 17.6 Å². The van der Waals surface area contributed by atoms with Crippen molar-refractivity contribution in [1.82, 2.24) is 35.5 Å². The van der Waals surface area contributed by atoms with Crippen LogP contribution in [0.3, 0.4) is 0 Å². The van der Waals surface area contributed by atoms with E-state index in [1.807, 2.05) is 20.8 Å². The van der Waals surface area contributed by atoms with E-state index >= 15 is 0 Å². The highest BCUT2D eigenvalue weighted by molar-refractivity contribution is 7.89. The van der Waals surface area contributed by atoms with Gasteiger partial charge in [0.15, 0.2) is 5.03 Å². The monoisotopic (exact) mass is 743 g/mol. The third kappa shape index (κ3) is 9.02. The molecule has 1 aromatic heterocycles. The molecule has 52 heavy (non-hydrogen) atoms. The Kier molecular flexibility index (Phi) is 12.9. The quantitative estimate of drug-likeness (QED) is 0.156. The van der Waals surface area contributed by atoms with Gasteiger partial charge >= 0.3 is 6.03 Å². The maximum absolute atomic E-state index is 14.6. The lowest BCUT2D eigenvalue weighted by molar-refractivity contribution is -0.144. The number of likely N-dealkylation sites (tertiary alicyclic amines) is 1. The van der Waals surface area contributed by atoms with Gasteiger partial charge in [-0.25, -0.2) is 18.2 Å². The Labute approximate surface area is 308 Å². The number of sulfonamides is 1. The molecule has 0 spiro atoms. The van der Waals surface area contributed by atoms with Gasteiger partial charge in [-0.1, -0.05) is 72.9 Å². The number of amides is 5. The lowest BCUT2D eigenvalue weighted by Gasteiger charge is -2.38. The van der Waals surface area contributed by atoms with E-state index in [2.05, 4.69) is 46.7 Å². The fourth-order valence-corrected chi connectivity index (χ4v) is 8.86. The van der Waals surface area contributed by atoms with Gasteiger partial charge in [-0.2, -0.15) is 4.31 Å². The highest BCUT2D eigenvalue weighted by atomic mass is 32.2. The number of rotatable bonds is 15. The first-order chi connectivity index (χ1) is 24.4. The van der Waals surface area contributed by atoms with Crippen molar-refractivity contribution in [3.63, 3.8) is 0 Å². The molecule has 2 saturated carbocycles. The molecule has 0 bridgehead atoms. The number of piperidine rings is 1. The molecule has 2 heterocycles. The summed E-state index contributed by atoms with van der Waals surface area (Å²) in [5, 5.41) is 11.0. The van der Waals surface area contributed by atoms with Crippen LogP contribution in [0.1, 0.15) is 80.1 Å². The topological polar surface area (TPSA) is 187 Å². The van der Waals surface area contributed by atoms with Gasteiger partial charge in [0, 0.05) is 38.9 Å². The Morgan fingerprint density at radius 3 is 2.33 bits per heavy atom. The number of nitrogens with zero attached hydrogens (tertiary/aromatic N) is 3. The molecule has 0 aromatic carbocycles. The van der Waals surface area contributed by atoms with Crippen molar-refractivity contribution < 1.29 is 32.4 Å². The maximum atomic E-state index is 14.6. The van der Waals surface area contributed by atoms with Crippen LogP contribution in [0.5, 0.6) is 0 Å². The van der Waals surface area contributed by atoms with Crippen molar-refractivity contribution in [3.05, 3.63) is 37.1 Å². The first-order valence-electron chi connectivity index (χ1n) is 18.3. The normalized spacial score (nSPS) is 23.1. The zero-order chi connectivity index (χ0) is 38.6. The number of likely N-dealkylation sites (N-methyl/N-ethyl adjacent to an activating group) is 1. The minimum Gasteiger partial charge on any atom is -0.346 e. The SMILES string of the molecule is C=CCNC(=O)C(=O)C(CC)NC(=O)[C@@H]1[C@@H]2[C@H](CN1C(=O)[C@@H](NC(=O)N[C@H](CN(C)S(=O)(=O)c1ccccn1)C(C)(C)C)C1CCCCC1)C2(C)C. The van der Waals surface area contributed by atoms with Gasteiger partial charge in [0.25, 0.3) is 15.9 Å². The Bertz CT molecular complexity index is 1610. The van der Waals surface area contributed by atoms with Crippen LogP contribution >= 0.6 is 0 Å². The van der Waals surface area contributed by atoms with Gasteiger partial charge in [0.05, 0.1) is 6.04 Å². The summed E-state index contributed by atoms with van der Waals surface area (Å²) in [7, 11) is -2.50. The van der Waals surface area contributed by atoms with E-state index in [0.717, 1.165) is 36.4 Å². The fraction of sp³-hybridized carbons (Fsp3) is 0.676. The molecule has 0 radical (unpaired) electrons. The lowest BCUT2D eigenvalue weighted by atomic mass is 9.83. The predicted molar refractivity (Wildman–Crippen MR) is 196 cm³/mol. The summed E-state index contributed by atoms with van der Waals surface area (Å²) in [6, 6.07) is 0.495. The van der Waals surface area contributed by atoms with Gasteiger partial charge < -0.3 is 26.2 Å². The molecule has 1 aliphatic heterocycles. The zero-order valence-electron chi connectivity index (χ0n) is 31.6. The predicted octanol–water partition coefficient (Wildman–Crippen LogP) is 2.61. The van der Waals surface area contributed by atoms with E-state index in [1.165, 1.54) is 25.4 Å². The number of hydrogen-bond acceptors (Lipinski definition) is 8. The molecule has 14 nitrogen and oxygen atoms in total. The number of nitrogens with one attached hydrogen (secondary N) is 4. The number of urea groups is 1. The van der Waals surface area contributed by atoms with Crippen LogP contribution in [0, 0.1) is 28.6 Å². The van der Waals surface area contributed by atoms with Gasteiger partial charge in [0.1, 0.15) is 12.1 Å². The van der Waals surface area contributed by atoms with Gasteiger partial charge in [-0.3, -0.25) is 19.2 Å². The van der Waals surface area contributed by atoms with Gasteiger partial charge in [-0.15, -0.1) is 6.58 Å². The second-order valence-corrected chi connectivity index (χ2v) is 18.1. The van der Waals surface area contributed by atoms with Gasteiger partial charge in [-0.05, 0) is 60.0 Å². The Hall–Kier alpha value is -3.85. The van der Waals surface area contributed by atoms with Crippen LogP contribution < -0.4 is 21.3 Å². The maximum Gasteiger partial charge on any atom is 0.315 e. The highest BCUT2D eigenvalue weighted by Crippen LogP contribution is 2.65. The Morgan fingerprint density at radius 2 is 1.75 bits per heavy atom. The molecule has 2 aliphatic carbocycles. The summed E-state index contributed by atoms with van der Waals surface area (Å²) < 4.78 is 27.7. The molecular weight excluding hydrogens is 687 g/mol. The van der Waals surface area contributed by atoms with E-state index in [1.54, 1.807) is 24.0 Å². The van der Waals surface area contributed by atoms with Crippen molar-refractivity contribution in [2.45, 2.75) is 109 Å². The van der Waals surface area contributed by atoms with E-state index in [4.69, 9.17) is 0 Å². The molecule has 6 atom stereocenters. The molecule has 5 amide bonds. The third-order valence-corrected chi connectivity index (χ3v) is 12.9. The van der Waals surface area contributed by atoms with Crippen LogP contribution in [0.2, 0.25) is 0 Å². The smallest absolute Gasteiger partial charge is 0.315 e. The second kappa shape index (κ2) is 16.4. The number of pyridine rings is 1. The first-order valence-corrected chi connectivity index (χ1v) is 19.8. The van der Waals surface area contributed by atoms with E-state index < -0.39 is 63.2 Å².